The van der Waals surface area contributed by atoms with Crippen LogP contribution in [0.25, 0.3) is 0 Å². The summed E-state index contributed by atoms with van der Waals surface area (Å²) in [5, 5.41) is 33.0. The second-order valence-electron chi connectivity index (χ2n) is 20.1. The third kappa shape index (κ3) is 8.43. The SMILES string of the molecule is CCC(O)C1(C)CC(C)C(O)(C2CC(C)C(C3(C)CC(OC4CCC(OC)C(C)O4)C(C4(C)CCC5(OC(C(C)C(OC)C(C)C(=O)O)C(C)C(OC)C5C)O4)O3)O2)O1. The molecule has 22 atom stereocenters. The molecule has 0 amide bonds. The number of hydrogen-bond donors (Lipinski definition) is 3. The van der Waals surface area contributed by atoms with E-state index in [1.54, 1.807) is 28.3 Å². The first-order valence-electron chi connectivity index (χ1n) is 22.5. The topological polar surface area (TPSA) is 170 Å². The Bertz CT molecular complexity index is 1450. The molecule has 0 aromatic carbocycles. The Balaban J connectivity index is 1.29. The summed E-state index contributed by atoms with van der Waals surface area (Å²) < 4.78 is 66.2. The second kappa shape index (κ2) is 17.5. The van der Waals surface area contributed by atoms with E-state index in [1.807, 2.05) is 34.6 Å². The summed E-state index contributed by atoms with van der Waals surface area (Å²) in [7, 11) is 4.97. The number of carboxylic acids is 1. The number of aliphatic hydroxyl groups excluding tert-OH is 1. The fourth-order valence-corrected chi connectivity index (χ4v) is 12.5. The lowest BCUT2D eigenvalue weighted by Crippen LogP contribution is -2.62. The molecule has 22 unspecified atom stereocenters. The van der Waals surface area contributed by atoms with Crippen LogP contribution < -0.4 is 0 Å². The maximum Gasteiger partial charge on any atom is 0.308 e. The Morgan fingerprint density at radius 2 is 1.56 bits per heavy atom. The van der Waals surface area contributed by atoms with Crippen molar-refractivity contribution in [3.8, 4) is 0 Å². The molecule has 6 rings (SSSR count). The van der Waals surface area contributed by atoms with Gasteiger partial charge in [0, 0.05) is 64.3 Å². The quantitative estimate of drug-likeness (QED) is 0.190. The highest BCUT2D eigenvalue weighted by Gasteiger charge is 2.67. The first-order chi connectivity index (χ1) is 27.6. The normalized spacial score (nSPS) is 51.2. The van der Waals surface area contributed by atoms with Gasteiger partial charge >= 0.3 is 5.97 Å². The molecule has 0 radical (unpaired) electrons. The van der Waals surface area contributed by atoms with Gasteiger partial charge in [0.05, 0.1) is 71.6 Å². The predicted molar refractivity (Wildman–Crippen MR) is 216 cm³/mol. The predicted octanol–water partition coefficient (Wildman–Crippen LogP) is 5.85. The molecule has 6 aliphatic rings. The summed E-state index contributed by atoms with van der Waals surface area (Å²) in [5.74, 6) is -5.11. The minimum Gasteiger partial charge on any atom is -0.481 e. The summed E-state index contributed by atoms with van der Waals surface area (Å²) in [5.41, 5.74) is -2.61. The first kappa shape index (κ1) is 47.5. The van der Waals surface area contributed by atoms with E-state index in [9.17, 15) is 20.1 Å². The van der Waals surface area contributed by atoms with Crippen LogP contribution in [-0.2, 0) is 52.2 Å². The molecule has 6 heterocycles. The molecule has 6 saturated heterocycles. The highest BCUT2D eigenvalue weighted by Crippen LogP contribution is 2.57. The molecule has 0 aromatic heterocycles. The van der Waals surface area contributed by atoms with Crippen LogP contribution in [0, 0.1) is 35.5 Å². The van der Waals surface area contributed by atoms with E-state index >= 15 is 0 Å². The number of ether oxygens (including phenoxy) is 10. The fourth-order valence-electron chi connectivity index (χ4n) is 12.5. The van der Waals surface area contributed by atoms with E-state index in [-0.39, 0.29) is 47.9 Å². The Hall–Kier alpha value is -1.01. The van der Waals surface area contributed by atoms with E-state index in [1.165, 1.54) is 0 Å². The Kier molecular flexibility index (Phi) is 14.1. The summed E-state index contributed by atoms with van der Waals surface area (Å²) in [6.07, 6.45) is 0.0453. The van der Waals surface area contributed by atoms with E-state index in [0.29, 0.717) is 44.9 Å². The number of hydrogen-bond acceptors (Lipinski definition) is 13. The molecule has 14 nitrogen and oxygen atoms in total. The molecular formula is C45H78O14. The standard InChI is InChI=1S/C45H78O14/c1-15-32(46)42(10)21-24(3)45(49,59-42)33-20-23(2)38(55-33)43(11)22-31(54-34-17-16-30(50-12)29(8)53-34)39(57-43)41(9)18-19-44(58-41)28(7)37(52-14)26(5)36(56-44)25(4)35(51-13)27(6)40(47)48/h23-39,46,49H,15-22H2,1-14H3,(H,47,48). The number of rotatable bonds is 14. The monoisotopic (exact) mass is 843 g/mol. The van der Waals surface area contributed by atoms with E-state index in [2.05, 4.69) is 34.6 Å². The van der Waals surface area contributed by atoms with E-state index in [0.717, 1.165) is 6.42 Å². The van der Waals surface area contributed by atoms with Gasteiger partial charge in [-0.2, -0.15) is 0 Å². The van der Waals surface area contributed by atoms with Gasteiger partial charge < -0.3 is 62.7 Å². The minimum atomic E-state index is -1.57. The lowest BCUT2D eigenvalue weighted by Gasteiger charge is -2.53. The van der Waals surface area contributed by atoms with Crippen molar-refractivity contribution in [1.82, 2.24) is 0 Å². The van der Waals surface area contributed by atoms with Crippen molar-refractivity contribution in [2.75, 3.05) is 21.3 Å². The number of methoxy groups -OCH3 is 3. The maximum absolute atomic E-state index is 12.2. The van der Waals surface area contributed by atoms with Gasteiger partial charge in [-0.25, -0.2) is 0 Å². The van der Waals surface area contributed by atoms with Crippen LogP contribution in [0.3, 0.4) is 0 Å². The van der Waals surface area contributed by atoms with Crippen molar-refractivity contribution in [2.24, 2.45) is 35.5 Å². The van der Waals surface area contributed by atoms with Crippen molar-refractivity contribution >= 4 is 5.97 Å². The zero-order chi connectivity index (χ0) is 43.6. The van der Waals surface area contributed by atoms with Crippen LogP contribution in [0.1, 0.15) is 128 Å². The molecule has 0 bridgehead atoms. The number of aliphatic hydroxyl groups is 2. The van der Waals surface area contributed by atoms with Crippen LogP contribution in [0.15, 0.2) is 0 Å². The lowest BCUT2D eigenvalue weighted by atomic mass is 9.74. The van der Waals surface area contributed by atoms with Gasteiger partial charge in [-0.05, 0) is 72.6 Å². The maximum atomic E-state index is 12.2. The fraction of sp³-hybridized carbons (Fsp3) is 0.978. The Morgan fingerprint density at radius 1 is 0.864 bits per heavy atom. The van der Waals surface area contributed by atoms with Crippen molar-refractivity contribution in [3.05, 3.63) is 0 Å². The lowest BCUT2D eigenvalue weighted by molar-refractivity contribution is -0.363. The van der Waals surface area contributed by atoms with Gasteiger partial charge in [0.15, 0.2) is 17.9 Å². The zero-order valence-electron chi connectivity index (χ0n) is 38.3. The van der Waals surface area contributed by atoms with Gasteiger partial charge in [0.1, 0.15) is 12.2 Å². The van der Waals surface area contributed by atoms with E-state index < -0.39 is 89.3 Å². The minimum absolute atomic E-state index is 0.000873. The molecule has 6 aliphatic heterocycles. The van der Waals surface area contributed by atoms with Crippen LogP contribution >= 0.6 is 0 Å². The Morgan fingerprint density at radius 3 is 2.15 bits per heavy atom. The van der Waals surface area contributed by atoms with Gasteiger partial charge in [-0.3, -0.25) is 4.79 Å². The van der Waals surface area contributed by atoms with Gasteiger partial charge in [0.25, 0.3) is 0 Å². The summed E-state index contributed by atoms with van der Waals surface area (Å²) in [4.78, 5) is 12.1. The van der Waals surface area contributed by atoms with Crippen molar-refractivity contribution in [2.45, 2.75) is 223 Å². The summed E-state index contributed by atoms with van der Waals surface area (Å²) in [6, 6.07) is 0. The summed E-state index contributed by atoms with van der Waals surface area (Å²) >= 11 is 0. The van der Waals surface area contributed by atoms with E-state index in [4.69, 9.17) is 47.4 Å². The van der Waals surface area contributed by atoms with Crippen LogP contribution in [0.4, 0.5) is 0 Å². The van der Waals surface area contributed by atoms with Crippen molar-refractivity contribution in [1.29, 1.82) is 0 Å². The number of carboxylic acid groups (broad SMARTS) is 1. The summed E-state index contributed by atoms with van der Waals surface area (Å²) in [6.45, 7) is 21.9. The largest absolute Gasteiger partial charge is 0.481 e. The average Bonchev–Trinajstić information content (AvgIpc) is 3.92. The van der Waals surface area contributed by atoms with Crippen LogP contribution in [0.2, 0.25) is 0 Å². The average molecular weight is 843 g/mol. The molecule has 6 fully saturated rings. The third-order valence-electron chi connectivity index (χ3n) is 15.9. The molecule has 14 heteroatoms. The Labute approximate surface area is 352 Å². The second-order valence-corrected chi connectivity index (χ2v) is 20.1. The highest BCUT2D eigenvalue weighted by atomic mass is 16.7. The molecular weight excluding hydrogens is 764 g/mol. The van der Waals surface area contributed by atoms with Crippen molar-refractivity contribution < 1.29 is 67.5 Å². The molecule has 0 saturated carbocycles. The van der Waals surface area contributed by atoms with Gasteiger partial charge in [-0.15, -0.1) is 0 Å². The molecule has 1 spiro atoms. The molecule has 59 heavy (non-hydrogen) atoms. The number of carbonyl (C=O) groups is 1. The molecule has 0 aromatic rings. The first-order valence-corrected chi connectivity index (χ1v) is 22.5. The smallest absolute Gasteiger partial charge is 0.308 e. The van der Waals surface area contributed by atoms with Crippen molar-refractivity contribution in [3.63, 3.8) is 0 Å². The highest BCUT2D eigenvalue weighted by molar-refractivity contribution is 5.70. The molecule has 0 aliphatic carbocycles. The number of aliphatic carboxylic acids is 1. The van der Waals surface area contributed by atoms with Gasteiger partial charge in [0.2, 0.25) is 0 Å². The molecule has 3 N–H and O–H groups in total. The van der Waals surface area contributed by atoms with Crippen LogP contribution in [0.5, 0.6) is 0 Å². The van der Waals surface area contributed by atoms with Gasteiger partial charge in [-0.1, -0.05) is 41.5 Å². The van der Waals surface area contributed by atoms with Crippen LogP contribution in [-0.4, -0.2) is 138 Å². The molecule has 342 valence electrons. The zero-order valence-corrected chi connectivity index (χ0v) is 38.3. The third-order valence-corrected chi connectivity index (χ3v) is 15.9.